The number of aliphatic hydroxyl groups is 2. The van der Waals surface area contributed by atoms with Crippen molar-refractivity contribution in [1.82, 2.24) is 34.1 Å². The molecule has 3 aromatic heterocycles. The fourth-order valence-corrected chi connectivity index (χ4v) is 3.75. The standard InChI is InChI=1S/C20H15BrClF3N8O4/c21-12-2-1-7-27-16(12)33-17(14(26)34)28-13(29-33)8-32-18(35)31(9-19(36,37)20(23,24)25)15(30-32)10-3-5-11(22)6-4-10/h1-7,36-37H,8-9H2,(H2,26,34). The van der Waals surface area contributed by atoms with Crippen LogP contribution in [0.3, 0.4) is 0 Å². The quantitative estimate of drug-likeness (QED) is 0.267. The Morgan fingerprint density at radius 3 is 2.41 bits per heavy atom. The molecule has 0 saturated carbocycles. The number of rotatable bonds is 7. The summed E-state index contributed by atoms with van der Waals surface area (Å²) in [6, 6.07) is 8.82. The number of hydrogen-bond donors (Lipinski definition) is 3. The number of nitrogens with zero attached hydrogens (tertiary/aromatic N) is 7. The molecule has 194 valence electrons. The molecule has 4 aromatic rings. The summed E-state index contributed by atoms with van der Waals surface area (Å²) in [5.41, 5.74) is 4.42. The SMILES string of the molecule is NC(=O)c1nc(Cn2nc(-c3ccc(Cl)cc3)n(CC(O)(O)C(F)(F)F)c2=O)nn1-c1ncccc1Br. The molecule has 0 spiro atoms. The van der Waals surface area contributed by atoms with Gasteiger partial charge in [0.2, 0.25) is 5.82 Å². The Morgan fingerprint density at radius 1 is 1.14 bits per heavy atom. The minimum atomic E-state index is -5.47. The first kappa shape index (κ1) is 26.5. The number of benzene rings is 1. The lowest BCUT2D eigenvalue weighted by molar-refractivity contribution is -0.353. The van der Waals surface area contributed by atoms with Gasteiger partial charge in [-0.05, 0) is 52.3 Å². The molecule has 37 heavy (non-hydrogen) atoms. The van der Waals surface area contributed by atoms with Crippen LogP contribution in [0.1, 0.15) is 16.4 Å². The van der Waals surface area contributed by atoms with Crippen LogP contribution in [0, 0.1) is 0 Å². The van der Waals surface area contributed by atoms with Crippen molar-refractivity contribution in [3.63, 3.8) is 0 Å². The van der Waals surface area contributed by atoms with E-state index in [1.807, 2.05) is 0 Å². The molecule has 0 aliphatic rings. The summed E-state index contributed by atoms with van der Waals surface area (Å²) in [4.78, 5) is 33.1. The smallest absolute Gasteiger partial charge is 0.363 e. The maximum absolute atomic E-state index is 13.2. The summed E-state index contributed by atoms with van der Waals surface area (Å²) in [6.07, 6.45) is -4.05. The molecule has 0 bridgehead atoms. The Labute approximate surface area is 217 Å². The lowest BCUT2D eigenvalue weighted by Gasteiger charge is -2.24. The monoisotopic (exact) mass is 602 g/mol. The Bertz CT molecular complexity index is 1530. The van der Waals surface area contributed by atoms with E-state index in [1.165, 1.54) is 30.5 Å². The van der Waals surface area contributed by atoms with Gasteiger partial charge in [-0.3, -0.25) is 9.36 Å². The molecule has 0 fully saturated rings. The van der Waals surface area contributed by atoms with Crippen molar-refractivity contribution in [2.24, 2.45) is 5.73 Å². The molecule has 1 aromatic carbocycles. The van der Waals surface area contributed by atoms with Crippen molar-refractivity contribution in [3.05, 3.63) is 74.2 Å². The van der Waals surface area contributed by atoms with Crippen molar-refractivity contribution < 1.29 is 28.2 Å². The Morgan fingerprint density at radius 2 is 1.81 bits per heavy atom. The Balaban J connectivity index is 1.81. The first-order valence-electron chi connectivity index (χ1n) is 10.1. The molecule has 0 unspecified atom stereocenters. The van der Waals surface area contributed by atoms with E-state index >= 15 is 0 Å². The highest BCUT2D eigenvalue weighted by atomic mass is 79.9. The summed E-state index contributed by atoms with van der Waals surface area (Å²) >= 11 is 9.13. The van der Waals surface area contributed by atoms with Gasteiger partial charge in [0.15, 0.2) is 17.5 Å². The van der Waals surface area contributed by atoms with Crippen LogP contribution >= 0.6 is 27.5 Å². The van der Waals surface area contributed by atoms with E-state index in [0.29, 0.717) is 18.7 Å². The summed E-state index contributed by atoms with van der Waals surface area (Å²) < 4.78 is 42.1. The van der Waals surface area contributed by atoms with Crippen molar-refractivity contribution in [3.8, 4) is 17.2 Å². The second-order valence-corrected chi connectivity index (χ2v) is 8.90. The fraction of sp³-hybridized carbons (Fsp3) is 0.200. The highest BCUT2D eigenvalue weighted by Gasteiger charge is 2.53. The average molecular weight is 604 g/mol. The zero-order chi connectivity index (χ0) is 27.1. The van der Waals surface area contributed by atoms with Crippen LogP contribution in [0.15, 0.2) is 51.9 Å². The molecule has 12 nitrogen and oxygen atoms in total. The largest absolute Gasteiger partial charge is 0.444 e. The van der Waals surface area contributed by atoms with E-state index in [2.05, 4.69) is 36.1 Å². The third-order valence-electron chi connectivity index (χ3n) is 4.96. The molecule has 0 radical (unpaired) electrons. The molecular weight excluding hydrogens is 589 g/mol. The van der Waals surface area contributed by atoms with E-state index in [-0.39, 0.29) is 28.9 Å². The molecule has 17 heteroatoms. The van der Waals surface area contributed by atoms with Crippen LogP contribution in [-0.2, 0) is 13.1 Å². The van der Waals surface area contributed by atoms with Gasteiger partial charge in [0, 0.05) is 16.8 Å². The molecule has 4 rings (SSSR count). The average Bonchev–Trinajstić information content (AvgIpc) is 3.36. The van der Waals surface area contributed by atoms with Crippen LogP contribution in [0.4, 0.5) is 13.2 Å². The first-order valence-corrected chi connectivity index (χ1v) is 11.3. The molecule has 0 atom stereocenters. The Kier molecular flexibility index (Phi) is 6.93. The van der Waals surface area contributed by atoms with E-state index in [9.17, 15) is 33.0 Å². The van der Waals surface area contributed by atoms with Gasteiger partial charge in [-0.25, -0.2) is 19.4 Å². The van der Waals surface area contributed by atoms with Crippen LogP contribution in [0.25, 0.3) is 17.2 Å². The number of nitrogens with two attached hydrogens (primary N) is 1. The van der Waals surface area contributed by atoms with Crippen LogP contribution in [0.2, 0.25) is 5.02 Å². The van der Waals surface area contributed by atoms with Gasteiger partial charge in [0.05, 0.1) is 11.0 Å². The molecule has 0 aliphatic carbocycles. The lowest BCUT2D eigenvalue weighted by atomic mass is 10.2. The van der Waals surface area contributed by atoms with Gasteiger partial charge >= 0.3 is 11.9 Å². The van der Waals surface area contributed by atoms with Crippen LogP contribution < -0.4 is 11.4 Å². The van der Waals surface area contributed by atoms with Gasteiger partial charge in [0.25, 0.3) is 11.7 Å². The molecule has 0 aliphatic heterocycles. The highest BCUT2D eigenvalue weighted by Crippen LogP contribution is 2.30. The van der Waals surface area contributed by atoms with Crippen molar-refractivity contribution >= 4 is 33.4 Å². The fourth-order valence-electron chi connectivity index (χ4n) is 3.21. The molecule has 4 N–H and O–H groups in total. The first-order chi connectivity index (χ1) is 17.3. The van der Waals surface area contributed by atoms with E-state index < -0.39 is 36.6 Å². The van der Waals surface area contributed by atoms with Crippen molar-refractivity contribution in [2.75, 3.05) is 0 Å². The second-order valence-electron chi connectivity index (χ2n) is 7.61. The van der Waals surface area contributed by atoms with E-state index in [1.54, 1.807) is 12.1 Å². The minimum absolute atomic E-state index is 0.157. The van der Waals surface area contributed by atoms with Gasteiger partial charge in [-0.1, -0.05) is 11.6 Å². The zero-order valence-corrected chi connectivity index (χ0v) is 20.6. The zero-order valence-electron chi connectivity index (χ0n) is 18.3. The number of primary amides is 1. The predicted octanol–water partition coefficient (Wildman–Crippen LogP) is 1.49. The topological polar surface area (TPSA) is 167 Å². The predicted molar refractivity (Wildman–Crippen MR) is 125 cm³/mol. The van der Waals surface area contributed by atoms with E-state index in [4.69, 9.17) is 17.3 Å². The van der Waals surface area contributed by atoms with Crippen molar-refractivity contribution in [1.29, 1.82) is 0 Å². The third kappa shape index (κ3) is 5.27. The van der Waals surface area contributed by atoms with Crippen LogP contribution in [0.5, 0.6) is 0 Å². The number of amides is 1. The number of carbonyl (C=O) groups excluding carboxylic acids is 1. The number of halogens is 5. The normalized spacial score (nSPS) is 12.2. The van der Waals surface area contributed by atoms with Gasteiger partial charge in [-0.15, -0.1) is 10.2 Å². The number of pyridine rings is 1. The van der Waals surface area contributed by atoms with Crippen LogP contribution in [-0.4, -0.2) is 62.2 Å². The summed E-state index contributed by atoms with van der Waals surface area (Å²) in [5.74, 6) is -5.86. The number of carbonyl (C=O) groups is 1. The Hall–Kier alpha value is -3.60. The second kappa shape index (κ2) is 9.70. The van der Waals surface area contributed by atoms with Gasteiger partial charge in [0.1, 0.15) is 6.54 Å². The molecular formula is C20H15BrClF3N8O4. The number of hydrogen-bond acceptors (Lipinski definition) is 8. The molecule has 0 saturated heterocycles. The maximum Gasteiger partial charge on any atom is 0.444 e. The van der Waals surface area contributed by atoms with Gasteiger partial charge in [-0.2, -0.15) is 17.9 Å². The maximum atomic E-state index is 13.2. The number of aromatic nitrogens is 7. The van der Waals surface area contributed by atoms with Gasteiger partial charge < -0.3 is 15.9 Å². The summed E-state index contributed by atoms with van der Waals surface area (Å²) in [5, 5.41) is 27.7. The summed E-state index contributed by atoms with van der Waals surface area (Å²) in [7, 11) is 0. The number of alkyl halides is 3. The lowest BCUT2D eigenvalue weighted by Crippen LogP contribution is -2.50. The highest BCUT2D eigenvalue weighted by molar-refractivity contribution is 9.10. The molecule has 3 heterocycles. The summed E-state index contributed by atoms with van der Waals surface area (Å²) in [6.45, 7) is -2.09. The van der Waals surface area contributed by atoms with E-state index in [0.717, 1.165) is 4.68 Å². The molecule has 1 amide bonds. The minimum Gasteiger partial charge on any atom is -0.363 e. The van der Waals surface area contributed by atoms with Crippen molar-refractivity contribution in [2.45, 2.75) is 25.1 Å². The third-order valence-corrected chi connectivity index (χ3v) is 5.83.